The van der Waals surface area contributed by atoms with Crippen LogP contribution < -0.4 is 15.4 Å². The van der Waals surface area contributed by atoms with E-state index < -0.39 is 24.0 Å². The Morgan fingerprint density at radius 3 is 2.15 bits per heavy atom. The summed E-state index contributed by atoms with van der Waals surface area (Å²) in [6, 6.07) is 17.1. The molecule has 4 aromatic rings. The van der Waals surface area contributed by atoms with Crippen molar-refractivity contribution in [1.29, 1.82) is 0 Å². The van der Waals surface area contributed by atoms with E-state index in [1.54, 1.807) is 18.5 Å². The van der Waals surface area contributed by atoms with Gasteiger partial charge >= 0.3 is 5.97 Å². The van der Waals surface area contributed by atoms with E-state index in [-0.39, 0.29) is 23.7 Å². The third-order valence-electron chi connectivity index (χ3n) is 9.50. The number of carbonyl (C=O) groups excluding carboxylic acids is 2. The summed E-state index contributed by atoms with van der Waals surface area (Å²) in [6.45, 7) is 10.1. The number of aliphatic carboxylic acids is 1. The molecular formula is C42H52N4O6S. The van der Waals surface area contributed by atoms with E-state index in [1.807, 2.05) is 54.6 Å². The molecule has 2 aromatic carbocycles. The molecule has 1 saturated heterocycles. The van der Waals surface area contributed by atoms with Crippen LogP contribution in [0.4, 0.5) is 0 Å². The van der Waals surface area contributed by atoms with Crippen molar-refractivity contribution in [3.63, 3.8) is 0 Å². The number of carboxylic acids is 1. The molecule has 0 saturated carbocycles. The molecule has 1 fully saturated rings. The number of unbranched alkanes of at least 4 members (excludes halogenated alkanes) is 4. The molecule has 10 nitrogen and oxygen atoms in total. The van der Waals surface area contributed by atoms with E-state index in [4.69, 9.17) is 9.47 Å². The summed E-state index contributed by atoms with van der Waals surface area (Å²) in [5, 5.41) is 15.6. The number of nitrogens with one attached hydrogen (secondary N) is 2. The van der Waals surface area contributed by atoms with Crippen molar-refractivity contribution >= 4 is 29.1 Å². The highest BCUT2D eigenvalue weighted by Gasteiger charge is 2.34. The number of nitrogens with zero attached hydrogens (tertiary/aromatic N) is 2. The predicted octanol–water partition coefficient (Wildman–Crippen LogP) is 7.86. The molecule has 0 aliphatic carbocycles. The van der Waals surface area contributed by atoms with Crippen molar-refractivity contribution in [3.8, 4) is 28.3 Å². The second-order valence-electron chi connectivity index (χ2n) is 14.7. The van der Waals surface area contributed by atoms with E-state index in [2.05, 4.69) is 48.3 Å². The molecule has 3 N–H and O–H groups in total. The largest absolute Gasteiger partial charge is 0.494 e. The number of rotatable bonds is 17. The molecule has 0 spiro atoms. The summed E-state index contributed by atoms with van der Waals surface area (Å²) in [5.41, 5.74) is 3.34. The van der Waals surface area contributed by atoms with Gasteiger partial charge in [-0.15, -0.1) is 11.3 Å². The van der Waals surface area contributed by atoms with Crippen LogP contribution in [0.2, 0.25) is 0 Å². The lowest BCUT2D eigenvalue weighted by molar-refractivity contribution is -0.144. The average Bonchev–Trinajstić information content (AvgIpc) is 3.68. The number of hydrogen-bond donors (Lipinski definition) is 3. The first-order valence-corrected chi connectivity index (χ1v) is 19.5. The van der Waals surface area contributed by atoms with Crippen LogP contribution >= 0.6 is 11.3 Å². The molecule has 2 unspecified atom stereocenters. The lowest BCUT2D eigenvalue weighted by Gasteiger charge is -2.29. The van der Waals surface area contributed by atoms with Gasteiger partial charge in [-0.3, -0.25) is 9.59 Å². The van der Waals surface area contributed by atoms with Gasteiger partial charge in [-0.1, -0.05) is 89.8 Å². The van der Waals surface area contributed by atoms with Crippen molar-refractivity contribution in [3.05, 3.63) is 88.4 Å². The Labute approximate surface area is 316 Å². The highest BCUT2D eigenvalue weighted by molar-refractivity contribution is 7.14. The molecule has 2 aromatic heterocycles. The zero-order valence-corrected chi connectivity index (χ0v) is 32.0. The molecule has 1 aliphatic heterocycles. The standard InChI is InChI=1S/C42H52N4O6S/c1-5-6-7-8-9-22-52-33-16-14-29(15-17-33)32-26-43-38(44-27-32)31-12-10-28(11-13-31)25-34(45-40(48)35-18-19-36(53-35)42(2,3)4)39(47)46-37(41(49)50)30-20-23-51-24-21-30/h10-19,26-27,30,34,37H,5-9,20-25H2,1-4H3,(H,45,48)(H,46,47)(H,49,50). The zero-order valence-electron chi connectivity index (χ0n) is 31.2. The zero-order chi connectivity index (χ0) is 37.8. The fourth-order valence-electron chi connectivity index (χ4n) is 6.28. The number of aromatic nitrogens is 2. The molecule has 3 heterocycles. The summed E-state index contributed by atoms with van der Waals surface area (Å²) in [5.74, 6) is -0.888. The second-order valence-corrected chi connectivity index (χ2v) is 15.8. The molecule has 0 radical (unpaired) electrons. The first-order valence-electron chi connectivity index (χ1n) is 18.7. The average molecular weight is 741 g/mol. The van der Waals surface area contributed by atoms with Gasteiger partial charge in [0.1, 0.15) is 17.8 Å². The SMILES string of the molecule is CCCCCCCOc1ccc(-c2cnc(-c3ccc(CC(NC(=O)c4ccc(C(C)(C)C)s4)C(=O)NC(C(=O)O)C4CCOCC4)cc3)nc2)cc1. The monoisotopic (exact) mass is 740 g/mol. The van der Waals surface area contributed by atoms with Gasteiger partial charge in [0.2, 0.25) is 5.91 Å². The molecule has 2 amide bonds. The van der Waals surface area contributed by atoms with Crippen LogP contribution in [0.15, 0.2) is 73.1 Å². The number of carbonyl (C=O) groups is 3. The molecule has 5 rings (SSSR count). The van der Waals surface area contributed by atoms with Crippen LogP contribution in [0.3, 0.4) is 0 Å². The number of carboxylic acid groups (broad SMARTS) is 1. The second kappa shape index (κ2) is 18.9. The summed E-state index contributed by atoms with van der Waals surface area (Å²) >= 11 is 1.38. The molecule has 1 aliphatic rings. The number of benzene rings is 2. The number of thiophene rings is 1. The maximum atomic E-state index is 13.7. The maximum absolute atomic E-state index is 13.7. The normalized spacial score (nSPS) is 14.6. The van der Waals surface area contributed by atoms with E-state index in [9.17, 15) is 19.5 Å². The first-order chi connectivity index (χ1) is 25.5. The van der Waals surface area contributed by atoms with Gasteiger partial charge in [0.15, 0.2) is 5.82 Å². The minimum Gasteiger partial charge on any atom is -0.494 e. The molecule has 282 valence electrons. The lowest BCUT2D eigenvalue weighted by atomic mass is 9.91. The molecule has 0 bridgehead atoms. The van der Waals surface area contributed by atoms with Crippen LogP contribution in [-0.2, 0) is 26.2 Å². The van der Waals surface area contributed by atoms with Crippen molar-refractivity contribution in [2.45, 2.75) is 96.6 Å². The molecule has 53 heavy (non-hydrogen) atoms. The van der Waals surface area contributed by atoms with Crippen molar-refractivity contribution in [2.75, 3.05) is 19.8 Å². The Morgan fingerprint density at radius 1 is 0.868 bits per heavy atom. The Kier molecular flexibility index (Phi) is 14.1. The van der Waals surface area contributed by atoms with Crippen LogP contribution in [0.1, 0.15) is 92.8 Å². The van der Waals surface area contributed by atoms with E-state index >= 15 is 0 Å². The molecular weight excluding hydrogens is 689 g/mol. The number of amides is 2. The van der Waals surface area contributed by atoms with Gasteiger partial charge in [0, 0.05) is 48.0 Å². The van der Waals surface area contributed by atoms with Crippen molar-refractivity contribution in [1.82, 2.24) is 20.6 Å². The third-order valence-corrected chi connectivity index (χ3v) is 11.0. The van der Waals surface area contributed by atoms with E-state index in [0.29, 0.717) is 36.8 Å². The fraction of sp³-hybridized carbons (Fsp3) is 0.452. The van der Waals surface area contributed by atoms with Gasteiger partial charge in [-0.2, -0.15) is 0 Å². The van der Waals surface area contributed by atoms with Gasteiger partial charge in [0.25, 0.3) is 5.91 Å². The minimum absolute atomic E-state index is 0.127. The number of hydrogen-bond acceptors (Lipinski definition) is 8. The van der Waals surface area contributed by atoms with Crippen LogP contribution in [0.25, 0.3) is 22.5 Å². The minimum atomic E-state index is -1.10. The lowest BCUT2D eigenvalue weighted by Crippen LogP contribution is -2.55. The van der Waals surface area contributed by atoms with Crippen LogP contribution in [0, 0.1) is 5.92 Å². The molecule has 11 heteroatoms. The smallest absolute Gasteiger partial charge is 0.326 e. The summed E-state index contributed by atoms with van der Waals surface area (Å²) in [7, 11) is 0. The molecule has 2 atom stereocenters. The summed E-state index contributed by atoms with van der Waals surface area (Å²) in [4.78, 5) is 50.2. The van der Waals surface area contributed by atoms with Gasteiger partial charge < -0.3 is 25.2 Å². The van der Waals surface area contributed by atoms with Crippen molar-refractivity contribution < 1.29 is 29.0 Å². The fourth-order valence-corrected chi connectivity index (χ4v) is 7.24. The topological polar surface area (TPSA) is 140 Å². The maximum Gasteiger partial charge on any atom is 0.326 e. The van der Waals surface area contributed by atoms with Crippen LogP contribution in [0.5, 0.6) is 5.75 Å². The van der Waals surface area contributed by atoms with Crippen molar-refractivity contribution in [2.24, 2.45) is 5.92 Å². The van der Waals surface area contributed by atoms with Gasteiger partial charge in [-0.05, 0) is 66.0 Å². The summed E-state index contributed by atoms with van der Waals surface area (Å²) < 4.78 is 11.3. The Morgan fingerprint density at radius 2 is 1.53 bits per heavy atom. The Balaban J connectivity index is 1.25. The quantitative estimate of drug-likeness (QED) is 0.0931. The highest BCUT2D eigenvalue weighted by atomic mass is 32.1. The van der Waals surface area contributed by atoms with Gasteiger partial charge in [-0.25, -0.2) is 14.8 Å². The third kappa shape index (κ3) is 11.4. The predicted molar refractivity (Wildman–Crippen MR) is 208 cm³/mol. The summed E-state index contributed by atoms with van der Waals surface area (Å²) in [6.07, 6.45) is 10.8. The van der Waals surface area contributed by atoms with Crippen LogP contribution in [-0.4, -0.2) is 64.8 Å². The van der Waals surface area contributed by atoms with E-state index in [1.165, 1.54) is 37.0 Å². The number of ether oxygens (including phenoxy) is 2. The Bertz CT molecular complexity index is 1780. The van der Waals surface area contributed by atoms with Gasteiger partial charge in [0.05, 0.1) is 11.5 Å². The van der Waals surface area contributed by atoms with E-state index in [0.717, 1.165) is 45.9 Å². The Hall–Kier alpha value is -4.61. The first kappa shape index (κ1) is 39.6. The highest BCUT2D eigenvalue weighted by Crippen LogP contribution is 2.30.